The summed E-state index contributed by atoms with van der Waals surface area (Å²) in [5.41, 5.74) is -0.941. The molecule has 1 saturated heterocycles. The van der Waals surface area contributed by atoms with Crippen molar-refractivity contribution in [2.75, 3.05) is 0 Å². The van der Waals surface area contributed by atoms with Gasteiger partial charge in [-0.25, -0.2) is 0 Å². The minimum Gasteiger partial charge on any atom is -0.375 e. The Hall–Kier alpha value is -1.44. The second kappa shape index (κ2) is 4.27. The van der Waals surface area contributed by atoms with Crippen LogP contribution in [0.3, 0.4) is 0 Å². The van der Waals surface area contributed by atoms with Gasteiger partial charge in [0.1, 0.15) is 5.60 Å². The Balaban J connectivity index is 1.64. The van der Waals surface area contributed by atoms with Crippen molar-refractivity contribution in [1.29, 1.82) is 5.26 Å². The van der Waals surface area contributed by atoms with E-state index in [0.717, 1.165) is 19.3 Å². The molecule has 8 atom stereocenters. The number of fused-ring (bicyclic) bond motifs is 3. The Morgan fingerprint density at radius 1 is 1.36 bits per heavy atom. The first kappa shape index (κ1) is 15.8. The van der Waals surface area contributed by atoms with Crippen LogP contribution >= 0.6 is 0 Å². The summed E-state index contributed by atoms with van der Waals surface area (Å²) >= 11 is 0. The predicted molar refractivity (Wildman–Crippen MR) is 91.2 cm³/mol. The van der Waals surface area contributed by atoms with Crippen molar-refractivity contribution in [1.82, 2.24) is 0 Å². The number of hydrogen-bond acceptors (Lipinski definition) is 4. The van der Waals surface area contributed by atoms with Crippen LogP contribution in [0.25, 0.3) is 0 Å². The van der Waals surface area contributed by atoms with Gasteiger partial charge in [0.15, 0.2) is 11.4 Å². The lowest BCUT2D eigenvalue weighted by molar-refractivity contribution is -0.111. The zero-order valence-electron chi connectivity index (χ0n) is 15.1. The summed E-state index contributed by atoms with van der Waals surface area (Å²) in [5.74, 6) is 1.01. The van der Waals surface area contributed by atoms with Crippen LogP contribution in [0.2, 0.25) is 0 Å². The number of carbonyl (C=O) groups is 1. The highest BCUT2D eigenvalue weighted by Crippen LogP contribution is 2.76. The third-order valence-electron chi connectivity index (χ3n) is 8.60. The summed E-state index contributed by atoms with van der Waals surface area (Å²) in [5, 5.41) is 20.6. The van der Waals surface area contributed by atoms with Gasteiger partial charge in [-0.15, -0.1) is 0 Å². The molecule has 1 spiro atoms. The normalized spacial score (nSPS) is 58.4. The maximum atomic E-state index is 12.0. The van der Waals surface area contributed by atoms with E-state index in [9.17, 15) is 15.2 Å². The summed E-state index contributed by atoms with van der Waals surface area (Å²) in [6.07, 6.45) is 8.80. The van der Waals surface area contributed by atoms with Gasteiger partial charge in [0, 0.05) is 10.8 Å². The molecule has 132 valence electrons. The van der Waals surface area contributed by atoms with Crippen LogP contribution in [-0.2, 0) is 9.53 Å². The van der Waals surface area contributed by atoms with Gasteiger partial charge in [-0.1, -0.05) is 25.5 Å². The molecule has 0 bridgehead atoms. The zero-order chi connectivity index (χ0) is 17.8. The molecule has 0 unspecified atom stereocenters. The molecular formula is C21H25NO3. The third kappa shape index (κ3) is 1.51. The summed E-state index contributed by atoms with van der Waals surface area (Å²) in [4.78, 5) is 12.0. The molecule has 4 heteroatoms. The first-order valence-electron chi connectivity index (χ1n) is 9.48. The van der Waals surface area contributed by atoms with Crippen molar-refractivity contribution in [3.05, 3.63) is 23.8 Å². The lowest BCUT2D eigenvalue weighted by Gasteiger charge is -2.56. The van der Waals surface area contributed by atoms with E-state index in [0.29, 0.717) is 24.2 Å². The Kier molecular flexibility index (Phi) is 2.70. The largest absolute Gasteiger partial charge is 0.375 e. The lowest BCUT2D eigenvalue weighted by atomic mass is 9.45. The molecule has 0 amide bonds. The average Bonchev–Trinajstić information content (AvgIpc) is 3.23. The van der Waals surface area contributed by atoms with E-state index < -0.39 is 11.0 Å². The number of allylic oxidation sites excluding steroid dienone is 2. The first-order chi connectivity index (χ1) is 11.7. The van der Waals surface area contributed by atoms with Crippen LogP contribution in [0.15, 0.2) is 23.8 Å². The van der Waals surface area contributed by atoms with E-state index in [1.807, 2.05) is 6.08 Å². The highest BCUT2D eigenvalue weighted by molar-refractivity contribution is 6.01. The quantitative estimate of drug-likeness (QED) is 0.544. The summed E-state index contributed by atoms with van der Waals surface area (Å²) in [6, 6.07) is 2.23. The Labute approximate surface area is 148 Å². The van der Waals surface area contributed by atoms with Gasteiger partial charge in [-0.2, -0.15) is 5.26 Å². The van der Waals surface area contributed by atoms with E-state index in [1.165, 1.54) is 5.57 Å². The van der Waals surface area contributed by atoms with Crippen molar-refractivity contribution in [2.45, 2.75) is 63.8 Å². The molecule has 1 N–H and O–H groups in total. The fraction of sp³-hybridized carbons (Fsp3) is 0.714. The Bertz CT molecular complexity index is 793. The van der Waals surface area contributed by atoms with Crippen molar-refractivity contribution >= 4 is 5.78 Å². The maximum Gasteiger partial charge on any atom is 0.178 e. The van der Waals surface area contributed by atoms with Crippen LogP contribution < -0.4 is 0 Å². The molecule has 5 rings (SSSR count). The Morgan fingerprint density at radius 2 is 2.12 bits per heavy atom. The fourth-order valence-electron chi connectivity index (χ4n) is 7.22. The minimum atomic E-state index is -1.24. The molecule has 1 aliphatic heterocycles. The molecule has 5 aliphatic rings. The molecule has 4 fully saturated rings. The number of hydrogen-bond donors (Lipinski definition) is 1. The highest BCUT2D eigenvalue weighted by Gasteiger charge is 2.81. The third-order valence-corrected chi connectivity index (χ3v) is 8.60. The van der Waals surface area contributed by atoms with Gasteiger partial charge in [-0.3, -0.25) is 4.79 Å². The molecule has 0 aromatic heterocycles. The van der Waals surface area contributed by atoms with Gasteiger partial charge in [0.05, 0.1) is 12.2 Å². The van der Waals surface area contributed by atoms with Crippen LogP contribution in [0.1, 0.15) is 46.5 Å². The molecule has 0 radical (unpaired) electrons. The number of nitriles is 1. The van der Waals surface area contributed by atoms with E-state index in [-0.39, 0.29) is 22.9 Å². The maximum absolute atomic E-state index is 12.0. The second-order valence-corrected chi connectivity index (χ2v) is 9.42. The molecule has 0 aromatic carbocycles. The summed E-state index contributed by atoms with van der Waals surface area (Å²) in [6.45, 7) is 6.52. The molecular weight excluding hydrogens is 314 g/mol. The van der Waals surface area contributed by atoms with Gasteiger partial charge < -0.3 is 9.84 Å². The van der Waals surface area contributed by atoms with Crippen molar-refractivity contribution in [3.63, 3.8) is 0 Å². The van der Waals surface area contributed by atoms with Gasteiger partial charge in [-0.05, 0) is 62.5 Å². The average molecular weight is 339 g/mol. The van der Waals surface area contributed by atoms with Crippen molar-refractivity contribution in [2.24, 2.45) is 28.6 Å². The monoisotopic (exact) mass is 339 g/mol. The number of aliphatic hydroxyl groups is 1. The van der Waals surface area contributed by atoms with E-state index in [2.05, 4.69) is 32.9 Å². The molecule has 4 aliphatic carbocycles. The smallest absolute Gasteiger partial charge is 0.178 e. The molecule has 3 saturated carbocycles. The van der Waals surface area contributed by atoms with Crippen LogP contribution in [-0.4, -0.2) is 28.2 Å². The van der Waals surface area contributed by atoms with Gasteiger partial charge in [0.25, 0.3) is 0 Å². The molecule has 4 nitrogen and oxygen atoms in total. The predicted octanol–water partition coefficient (Wildman–Crippen LogP) is 2.93. The summed E-state index contributed by atoms with van der Waals surface area (Å²) < 4.78 is 6.44. The zero-order valence-corrected chi connectivity index (χ0v) is 15.1. The number of ketones is 1. The lowest BCUT2D eigenvalue weighted by Crippen LogP contribution is -2.60. The number of epoxide rings is 1. The van der Waals surface area contributed by atoms with E-state index in [4.69, 9.17) is 4.74 Å². The molecule has 0 aromatic rings. The summed E-state index contributed by atoms with van der Waals surface area (Å²) in [7, 11) is 0. The van der Waals surface area contributed by atoms with E-state index >= 15 is 0 Å². The standard InChI is InChI=1S/C21H25NO3/c1-12-8-16-14-5-7-20(24,11-22)19(14,3)10-17-21(16,25-17)18(2)6-4-13(23)9-15(12)18/h4,6,9,12,14,16-17,24H,5,7-8,10H2,1-3H3/t12-,14-,16-,17-,18-,19-,20-,21+/m0/s1. The van der Waals surface area contributed by atoms with Crippen LogP contribution in [0.5, 0.6) is 0 Å². The number of ether oxygens (including phenoxy) is 1. The fourth-order valence-corrected chi connectivity index (χ4v) is 7.22. The molecule has 1 heterocycles. The second-order valence-electron chi connectivity index (χ2n) is 9.42. The number of rotatable bonds is 0. The van der Waals surface area contributed by atoms with Crippen LogP contribution in [0, 0.1) is 39.9 Å². The van der Waals surface area contributed by atoms with Crippen molar-refractivity contribution in [3.8, 4) is 6.07 Å². The SMILES string of the molecule is C[C@H]1C[C@H]2[C@@H]3CC[C@](O)(C#N)[C@@]3(C)C[C@@H]3O[C@@]32[C@@]2(C)C=CC(=O)C=C12. The van der Waals surface area contributed by atoms with E-state index in [1.54, 1.807) is 6.08 Å². The number of nitrogens with zero attached hydrogens (tertiary/aromatic N) is 1. The van der Waals surface area contributed by atoms with Crippen LogP contribution in [0.4, 0.5) is 0 Å². The Morgan fingerprint density at radius 3 is 2.84 bits per heavy atom. The molecule has 25 heavy (non-hydrogen) atoms. The highest BCUT2D eigenvalue weighted by atomic mass is 16.6. The number of carbonyl (C=O) groups excluding carboxylic acids is 1. The first-order valence-corrected chi connectivity index (χ1v) is 9.48. The van der Waals surface area contributed by atoms with Gasteiger partial charge in [0.2, 0.25) is 0 Å². The van der Waals surface area contributed by atoms with Crippen molar-refractivity contribution < 1.29 is 14.6 Å². The van der Waals surface area contributed by atoms with Gasteiger partial charge >= 0.3 is 0 Å². The minimum absolute atomic E-state index is 0.0653. The topological polar surface area (TPSA) is 73.6 Å².